The van der Waals surface area contributed by atoms with Crippen LogP contribution in [-0.2, 0) is 0 Å². The van der Waals surface area contributed by atoms with Gasteiger partial charge in [-0.1, -0.05) is 109 Å². The molecule has 246 valence electrons. The van der Waals surface area contributed by atoms with Crippen LogP contribution in [0.25, 0.3) is 76.8 Å². The van der Waals surface area contributed by atoms with Crippen LogP contribution < -0.4 is 4.90 Å². The van der Waals surface area contributed by atoms with Crippen LogP contribution in [0.5, 0.6) is 0 Å². The smallest absolute Gasteiger partial charge is 0.0468 e. The predicted octanol–water partition coefficient (Wildman–Crippen LogP) is 14.5. The zero-order chi connectivity index (χ0) is 34.9. The summed E-state index contributed by atoms with van der Waals surface area (Å²) in [7, 11) is 0. The van der Waals surface area contributed by atoms with Gasteiger partial charge in [0.05, 0.1) is 0 Å². The van der Waals surface area contributed by atoms with Gasteiger partial charge in [-0.15, -0.1) is 0 Å². The van der Waals surface area contributed by atoms with Crippen molar-refractivity contribution >= 4 is 49.4 Å². The maximum absolute atomic E-state index is 2.47. The fraction of sp³-hybridized carbons (Fsp3) is 0.0588. The molecule has 0 atom stereocenters. The lowest BCUT2D eigenvalue weighted by Gasteiger charge is -2.29. The molecule has 0 fully saturated rings. The summed E-state index contributed by atoms with van der Waals surface area (Å²) >= 11 is 0. The normalized spacial score (nSPS) is 11.8. The molecular weight excluding hydrogens is 627 g/mol. The Morgan fingerprint density at radius 2 is 0.788 bits per heavy atom. The second-order valence-electron chi connectivity index (χ2n) is 14.3. The maximum atomic E-state index is 2.47. The summed E-state index contributed by atoms with van der Waals surface area (Å²) in [4.78, 5) is 2.39. The van der Waals surface area contributed by atoms with E-state index in [-0.39, 0.29) is 0 Å². The van der Waals surface area contributed by atoms with Crippen molar-refractivity contribution < 1.29 is 0 Å². The first-order chi connectivity index (χ1) is 25.5. The molecule has 0 saturated heterocycles. The summed E-state index contributed by atoms with van der Waals surface area (Å²) in [6.07, 6.45) is 0. The molecule has 9 aromatic rings. The Bertz CT molecular complexity index is 2830. The highest BCUT2D eigenvalue weighted by molar-refractivity contribution is 6.24. The van der Waals surface area contributed by atoms with Gasteiger partial charge in [0, 0.05) is 17.1 Å². The van der Waals surface area contributed by atoms with Gasteiger partial charge in [-0.25, -0.2) is 0 Å². The average molecular weight is 664 g/mol. The van der Waals surface area contributed by atoms with E-state index in [1.54, 1.807) is 0 Å². The Morgan fingerprint density at radius 3 is 1.33 bits per heavy atom. The molecule has 52 heavy (non-hydrogen) atoms. The molecular formula is C51H37N. The van der Waals surface area contributed by atoms with E-state index in [1.807, 2.05) is 0 Å². The first kappa shape index (κ1) is 30.4. The van der Waals surface area contributed by atoms with E-state index in [2.05, 4.69) is 196 Å². The number of hydrogen-bond donors (Lipinski definition) is 0. The second kappa shape index (κ2) is 11.8. The monoisotopic (exact) mass is 663 g/mol. The first-order valence-electron chi connectivity index (χ1n) is 18.2. The van der Waals surface area contributed by atoms with Crippen molar-refractivity contribution in [2.75, 3.05) is 4.90 Å². The maximum Gasteiger partial charge on any atom is 0.0468 e. The fourth-order valence-corrected chi connectivity index (χ4v) is 8.47. The molecule has 1 heteroatoms. The molecule has 10 rings (SSSR count). The molecule has 0 bridgehead atoms. The van der Waals surface area contributed by atoms with Crippen LogP contribution in [-0.4, -0.2) is 0 Å². The number of fused-ring (bicyclic) bond motifs is 7. The zero-order valence-electron chi connectivity index (χ0n) is 29.6. The molecule has 0 amide bonds. The van der Waals surface area contributed by atoms with E-state index in [9.17, 15) is 0 Å². The number of aryl methyl sites for hydroxylation is 2. The Morgan fingerprint density at radius 1 is 0.327 bits per heavy atom. The van der Waals surface area contributed by atoms with Gasteiger partial charge in [-0.05, 0) is 175 Å². The van der Waals surface area contributed by atoms with Gasteiger partial charge in [-0.3, -0.25) is 0 Å². The molecule has 0 heterocycles. The standard InChI is InChI=1S/C51H37N/c1-32-25-41(26-33(2)34(32)3)52(39-19-11-6-12-20-39)40-24-23-37-28-44-45(29-38(37)27-40)47-31-49-48(30-46(44)47)50(35-15-7-4-8-16-35)42-21-13-14-22-43(42)51(49)36-17-9-5-10-18-36/h4-31H,1-3H3. The van der Waals surface area contributed by atoms with Crippen LogP contribution in [0.1, 0.15) is 16.7 Å². The fourth-order valence-electron chi connectivity index (χ4n) is 8.47. The highest BCUT2D eigenvalue weighted by Crippen LogP contribution is 2.54. The van der Waals surface area contributed by atoms with Crippen LogP contribution >= 0.6 is 0 Å². The van der Waals surface area contributed by atoms with Crippen LogP contribution in [0.15, 0.2) is 170 Å². The molecule has 9 aromatic carbocycles. The van der Waals surface area contributed by atoms with Gasteiger partial charge in [0.2, 0.25) is 0 Å². The van der Waals surface area contributed by atoms with Gasteiger partial charge in [-0.2, -0.15) is 0 Å². The van der Waals surface area contributed by atoms with Gasteiger partial charge < -0.3 is 4.90 Å². The molecule has 0 aromatic heterocycles. The highest BCUT2D eigenvalue weighted by atomic mass is 15.1. The molecule has 0 N–H and O–H groups in total. The SMILES string of the molecule is Cc1cc(N(c2ccccc2)c2ccc3cc4c(cc3c2)-c2cc3c(-c5ccccc5)c5ccccc5c(-c5ccccc5)c3cc2-4)cc(C)c1C. The van der Waals surface area contributed by atoms with Crippen molar-refractivity contribution in [3.63, 3.8) is 0 Å². The third kappa shape index (κ3) is 4.70. The summed E-state index contributed by atoms with van der Waals surface area (Å²) < 4.78 is 0. The van der Waals surface area contributed by atoms with E-state index in [0.29, 0.717) is 0 Å². The van der Waals surface area contributed by atoms with Crippen molar-refractivity contribution in [1.29, 1.82) is 0 Å². The lowest BCUT2D eigenvalue weighted by molar-refractivity contribution is 1.22. The first-order valence-corrected chi connectivity index (χ1v) is 18.2. The van der Waals surface area contributed by atoms with E-state index in [1.165, 1.54) is 99.2 Å². The summed E-state index contributed by atoms with van der Waals surface area (Å²) in [5.74, 6) is 0. The average Bonchev–Trinajstić information content (AvgIpc) is 3.19. The lowest BCUT2D eigenvalue weighted by atomic mass is 9.75. The third-order valence-corrected chi connectivity index (χ3v) is 11.3. The number of hydrogen-bond acceptors (Lipinski definition) is 1. The van der Waals surface area contributed by atoms with Crippen LogP contribution in [0.2, 0.25) is 0 Å². The molecule has 0 saturated carbocycles. The van der Waals surface area contributed by atoms with Crippen molar-refractivity contribution in [3.8, 4) is 44.5 Å². The molecule has 0 unspecified atom stereocenters. The molecule has 1 aliphatic rings. The van der Waals surface area contributed by atoms with Gasteiger partial charge in [0.25, 0.3) is 0 Å². The highest BCUT2D eigenvalue weighted by Gasteiger charge is 2.27. The summed E-state index contributed by atoms with van der Waals surface area (Å²) in [5, 5.41) is 7.66. The van der Waals surface area contributed by atoms with Crippen molar-refractivity contribution in [1.82, 2.24) is 0 Å². The zero-order valence-corrected chi connectivity index (χ0v) is 29.6. The molecule has 0 radical (unpaired) electrons. The second-order valence-corrected chi connectivity index (χ2v) is 14.3. The summed E-state index contributed by atoms with van der Waals surface area (Å²) in [6.45, 7) is 6.64. The number of rotatable bonds is 5. The number of benzene rings is 9. The quantitative estimate of drug-likeness (QED) is 0.166. The van der Waals surface area contributed by atoms with Crippen molar-refractivity contribution in [2.24, 2.45) is 0 Å². The Kier molecular flexibility index (Phi) is 6.91. The van der Waals surface area contributed by atoms with Gasteiger partial charge >= 0.3 is 0 Å². The minimum atomic E-state index is 1.15. The van der Waals surface area contributed by atoms with E-state index >= 15 is 0 Å². The van der Waals surface area contributed by atoms with Gasteiger partial charge in [0.1, 0.15) is 0 Å². The van der Waals surface area contributed by atoms with Crippen LogP contribution in [0.3, 0.4) is 0 Å². The van der Waals surface area contributed by atoms with Crippen molar-refractivity contribution in [2.45, 2.75) is 20.8 Å². The minimum Gasteiger partial charge on any atom is -0.310 e. The van der Waals surface area contributed by atoms with E-state index in [4.69, 9.17) is 0 Å². The number of para-hydroxylation sites is 1. The number of nitrogens with zero attached hydrogens (tertiary/aromatic N) is 1. The minimum absolute atomic E-state index is 1.15. The topological polar surface area (TPSA) is 3.24 Å². The molecule has 0 spiro atoms. The molecule has 1 nitrogen and oxygen atoms in total. The largest absolute Gasteiger partial charge is 0.310 e. The van der Waals surface area contributed by atoms with Crippen LogP contribution in [0, 0.1) is 20.8 Å². The van der Waals surface area contributed by atoms with E-state index in [0.717, 1.165) is 11.4 Å². The Labute approximate surface area is 305 Å². The van der Waals surface area contributed by atoms with Gasteiger partial charge in [0.15, 0.2) is 0 Å². The third-order valence-electron chi connectivity index (χ3n) is 11.3. The predicted molar refractivity (Wildman–Crippen MR) is 223 cm³/mol. The Hall–Kier alpha value is -6.44. The van der Waals surface area contributed by atoms with E-state index < -0.39 is 0 Å². The van der Waals surface area contributed by atoms with Crippen LogP contribution in [0.4, 0.5) is 17.1 Å². The van der Waals surface area contributed by atoms with Crippen molar-refractivity contribution in [3.05, 3.63) is 187 Å². The molecule has 1 aliphatic carbocycles. The number of anilines is 3. The Balaban J connectivity index is 1.19. The summed E-state index contributed by atoms with van der Waals surface area (Å²) in [6, 6.07) is 62.8. The lowest BCUT2D eigenvalue weighted by Crippen LogP contribution is -2.11. The molecule has 0 aliphatic heterocycles. The summed E-state index contributed by atoms with van der Waals surface area (Å²) in [5.41, 5.74) is 17.8.